The molecule has 0 bridgehead atoms. The quantitative estimate of drug-likeness (QED) is 0.174. The van der Waals surface area contributed by atoms with E-state index in [1.54, 1.807) is 13.8 Å². The summed E-state index contributed by atoms with van der Waals surface area (Å²) in [6.45, 7) is 4.57. The Morgan fingerprint density at radius 1 is 0.875 bits per heavy atom. The third-order valence-corrected chi connectivity index (χ3v) is 3.11. The van der Waals surface area contributed by atoms with Crippen LogP contribution in [0.1, 0.15) is 26.7 Å². The van der Waals surface area contributed by atoms with Crippen molar-refractivity contribution in [2.45, 2.75) is 26.7 Å². The highest BCUT2D eigenvalue weighted by Gasteiger charge is 2.10. The maximum absolute atomic E-state index is 10.4. The Morgan fingerprint density at radius 3 is 1.50 bits per heavy atom. The topological polar surface area (TPSA) is 171 Å². The zero-order valence-corrected chi connectivity index (χ0v) is 14.0. The first kappa shape index (κ1) is 21.5. The van der Waals surface area contributed by atoms with Gasteiger partial charge in [0.1, 0.15) is 0 Å². The van der Waals surface area contributed by atoms with Crippen molar-refractivity contribution in [2.75, 3.05) is 26.2 Å². The molecule has 0 radical (unpaired) electrons. The average molecular weight is 342 g/mol. The van der Waals surface area contributed by atoms with Gasteiger partial charge in [-0.05, 0) is 0 Å². The van der Waals surface area contributed by atoms with Crippen LogP contribution < -0.4 is 10.6 Å². The second kappa shape index (κ2) is 12.0. The molecule has 24 heavy (non-hydrogen) atoms. The van der Waals surface area contributed by atoms with E-state index in [1.807, 2.05) is 0 Å². The van der Waals surface area contributed by atoms with Gasteiger partial charge in [0.05, 0.1) is 37.6 Å². The van der Waals surface area contributed by atoms with E-state index in [-0.39, 0.29) is 49.4 Å². The summed E-state index contributed by atoms with van der Waals surface area (Å²) in [4.78, 5) is 20.8. The Morgan fingerprint density at radius 2 is 1.21 bits per heavy atom. The molecule has 0 heterocycles. The number of hydrogen-bond donors (Lipinski definition) is 6. The van der Waals surface area contributed by atoms with E-state index < -0.39 is 11.9 Å². The minimum absolute atomic E-state index is 0.0505. The highest BCUT2D eigenvalue weighted by atomic mass is 16.4. The Labute approximate surface area is 140 Å². The number of rotatable bonds is 12. The maximum atomic E-state index is 10.4. The van der Waals surface area contributed by atoms with E-state index in [1.165, 1.54) is 0 Å². The van der Waals surface area contributed by atoms with Gasteiger partial charge >= 0.3 is 11.9 Å². The number of azo groups is 1. The summed E-state index contributed by atoms with van der Waals surface area (Å²) < 4.78 is 0. The van der Waals surface area contributed by atoms with Gasteiger partial charge in [-0.3, -0.25) is 20.4 Å². The summed E-state index contributed by atoms with van der Waals surface area (Å²) in [6.07, 6.45) is -0.101. The molecule has 0 saturated carbocycles. The first-order valence-electron chi connectivity index (χ1n) is 7.65. The molecule has 0 aromatic rings. The fourth-order valence-corrected chi connectivity index (χ4v) is 1.50. The Hall–Kier alpha value is -2.52. The molecule has 0 aliphatic rings. The van der Waals surface area contributed by atoms with Crippen LogP contribution in [0.15, 0.2) is 10.2 Å². The average Bonchev–Trinajstić information content (AvgIpc) is 2.49. The fraction of sp³-hybridized carbons (Fsp3) is 0.714. The van der Waals surface area contributed by atoms with Gasteiger partial charge in [0.2, 0.25) is 0 Å². The lowest BCUT2D eigenvalue weighted by Crippen LogP contribution is -2.32. The normalized spacial score (nSPS) is 13.2. The number of nitrogens with one attached hydrogen (secondary N) is 4. The molecule has 0 amide bonds. The zero-order chi connectivity index (χ0) is 18.5. The van der Waals surface area contributed by atoms with E-state index in [0.29, 0.717) is 13.1 Å². The standard InChI is InChI=1S/C14H26N6O4/c1-9(13(15)17-5-3-11(21)22)7-19-20-8-10(2)14(16)18-6-4-12(23)24/h9-10H,3-8H2,1-2H3,(H2,15,17)(H2,16,18)(H,21,22)(H,23,24). The van der Waals surface area contributed by atoms with Gasteiger partial charge in [0.25, 0.3) is 0 Å². The van der Waals surface area contributed by atoms with Gasteiger partial charge < -0.3 is 20.8 Å². The van der Waals surface area contributed by atoms with Crippen LogP contribution in [0.2, 0.25) is 0 Å². The number of carboxylic acids is 2. The summed E-state index contributed by atoms with van der Waals surface area (Å²) in [6, 6.07) is 0. The van der Waals surface area contributed by atoms with E-state index in [2.05, 4.69) is 20.9 Å². The number of nitrogens with zero attached hydrogens (tertiary/aromatic N) is 2. The fourth-order valence-electron chi connectivity index (χ4n) is 1.50. The van der Waals surface area contributed by atoms with Crippen LogP contribution in [-0.4, -0.2) is 60.0 Å². The van der Waals surface area contributed by atoms with Crippen molar-refractivity contribution in [1.29, 1.82) is 10.8 Å². The smallest absolute Gasteiger partial charge is 0.305 e. The van der Waals surface area contributed by atoms with Gasteiger partial charge in [-0.1, -0.05) is 13.8 Å². The largest absolute Gasteiger partial charge is 0.481 e. The Kier molecular flexibility index (Phi) is 10.7. The lowest BCUT2D eigenvalue weighted by molar-refractivity contribution is -0.137. The zero-order valence-electron chi connectivity index (χ0n) is 14.0. The molecule has 0 aliphatic heterocycles. The molecular weight excluding hydrogens is 316 g/mol. The van der Waals surface area contributed by atoms with Gasteiger partial charge in [-0.25, -0.2) is 0 Å². The van der Waals surface area contributed by atoms with Crippen LogP contribution in [0.25, 0.3) is 0 Å². The first-order valence-corrected chi connectivity index (χ1v) is 7.65. The lowest BCUT2D eigenvalue weighted by Gasteiger charge is -2.13. The first-order chi connectivity index (χ1) is 11.2. The summed E-state index contributed by atoms with van der Waals surface area (Å²) in [7, 11) is 0. The second-order valence-electron chi connectivity index (χ2n) is 5.42. The van der Waals surface area contributed by atoms with Crippen molar-refractivity contribution in [3.05, 3.63) is 0 Å². The summed E-state index contributed by atoms with van der Waals surface area (Å²) in [5, 5.41) is 45.9. The SMILES string of the molecule is CC(CN=NCC(C)C(=N)NCCC(=O)O)C(=N)NCCC(=O)O. The number of carboxylic acid groups (broad SMARTS) is 2. The minimum Gasteiger partial charge on any atom is -0.481 e. The highest BCUT2D eigenvalue weighted by molar-refractivity contribution is 5.82. The second-order valence-corrected chi connectivity index (χ2v) is 5.42. The van der Waals surface area contributed by atoms with Gasteiger partial charge in [-0.2, -0.15) is 10.2 Å². The van der Waals surface area contributed by atoms with Crippen LogP contribution >= 0.6 is 0 Å². The molecule has 0 rings (SSSR count). The molecule has 136 valence electrons. The Balaban J connectivity index is 3.96. The van der Waals surface area contributed by atoms with E-state index in [0.717, 1.165) is 0 Å². The van der Waals surface area contributed by atoms with E-state index >= 15 is 0 Å². The number of aliphatic carboxylic acids is 2. The maximum Gasteiger partial charge on any atom is 0.305 e. The molecule has 0 aromatic heterocycles. The van der Waals surface area contributed by atoms with Gasteiger partial charge in [-0.15, -0.1) is 0 Å². The van der Waals surface area contributed by atoms with Crippen LogP contribution in [0.3, 0.4) is 0 Å². The number of carbonyl (C=O) groups is 2. The van der Waals surface area contributed by atoms with Crippen LogP contribution in [-0.2, 0) is 9.59 Å². The molecule has 0 spiro atoms. The third-order valence-electron chi connectivity index (χ3n) is 3.11. The van der Waals surface area contributed by atoms with Crippen molar-refractivity contribution >= 4 is 23.6 Å². The molecule has 10 nitrogen and oxygen atoms in total. The molecule has 2 atom stereocenters. The molecule has 0 aliphatic carbocycles. The minimum atomic E-state index is -0.920. The molecule has 2 unspecified atom stereocenters. The van der Waals surface area contributed by atoms with Crippen molar-refractivity contribution in [1.82, 2.24) is 10.6 Å². The summed E-state index contributed by atoms with van der Waals surface area (Å²) >= 11 is 0. The van der Waals surface area contributed by atoms with Crippen molar-refractivity contribution in [3.63, 3.8) is 0 Å². The molecular formula is C14H26N6O4. The number of hydrogen-bond acceptors (Lipinski definition) is 6. The number of amidine groups is 2. The highest BCUT2D eigenvalue weighted by Crippen LogP contribution is 2.00. The summed E-state index contributed by atoms with van der Waals surface area (Å²) in [5.41, 5.74) is 0. The van der Waals surface area contributed by atoms with E-state index in [4.69, 9.17) is 21.0 Å². The van der Waals surface area contributed by atoms with Crippen molar-refractivity contribution in [3.8, 4) is 0 Å². The van der Waals surface area contributed by atoms with Gasteiger partial charge in [0.15, 0.2) is 0 Å². The monoisotopic (exact) mass is 342 g/mol. The molecule has 0 saturated heterocycles. The molecule has 10 heteroatoms. The third kappa shape index (κ3) is 11.1. The molecule has 0 fully saturated rings. The van der Waals surface area contributed by atoms with E-state index in [9.17, 15) is 9.59 Å². The predicted molar refractivity (Wildman–Crippen MR) is 88.9 cm³/mol. The van der Waals surface area contributed by atoms with Crippen molar-refractivity contribution < 1.29 is 19.8 Å². The van der Waals surface area contributed by atoms with Crippen LogP contribution in [0.5, 0.6) is 0 Å². The van der Waals surface area contributed by atoms with Crippen LogP contribution in [0.4, 0.5) is 0 Å². The Bertz CT molecular complexity index is 438. The lowest BCUT2D eigenvalue weighted by atomic mass is 10.1. The predicted octanol–water partition coefficient (Wildman–Crippen LogP) is 0.794. The van der Waals surface area contributed by atoms with Crippen molar-refractivity contribution in [2.24, 2.45) is 22.1 Å². The van der Waals surface area contributed by atoms with Gasteiger partial charge in [0, 0.05) is 24.9 Å². The molecule has 6 N–H and O–H groups in total. The van der Waals surface area contributed by atoms with Crippen LogP contribution in [0, 0.1) is 22.7 Å². The summed E-state index contributed by atoms with van der Waals surface area (Å²) in [5.74, 6) is -1.82. The molecule has 0 aromatic carbocycles.